The topological polar surface area (TPSA) is 83.5 Å². The first-order valence-corrected chi connectivity index (χ1v) is 8.60. The Morgan fingerprint density at radius 2 is 2.15 bits per heavy atom. The summed E-state index contributed by atoms with van der Waals surface area (Å²) >= 11 is 5.75. The highest BCUT2D eigenvalue weighted by Crippen LogP contribution is 2.21. The highest BCUT2D eigenvalue weighted by Gasteiger charge is 2.14. The predicted octanol–water partition coefficient (Wildman–Crippen LogP) is 2.90. The zero-order valence-corrected chi connectivity index (χ0v) is 15.1. The average molecular weight is 388 g/mol. The Hall–Kier alpha value is -2.91. The van der Waals surface area contributed by atoms with Gasteiger partial charge in [0.25, 0.3) is 0 Å². The number of methoxy groups -OCH3 is 1. The SMILES string of the molecule is COCCCn1ccc(-c2ncc3nnn(-c4ccc(Cl)c(F)c4)c3n2)n1. The van der Waals surface area contributed by atoms with Crippen LogP contribution in [0.3, 0.4) is 0 Å². The monoisotopic (exact) mass is 387 g/mol. The lowest BCUT2D eigenvalue weighted by Crippen LogP contribution is -2.03. The molecule has 0 bridgehead atoms. The van der Waals surface area contributed by atoms with Gasteiger partial charge in [-0.2, -0.15) is 9.78 Å². The highest BCUT2D eigenvalue weighted by molar-refractivity contribution is 6.30. The second-order valence-electron chi connectivity index (χ2n) is 5.81. The largest absolute Gasteiger partial charge is 0.385 e. The molecule has 0 N–H and O–H groups in total. The summed E-state index contributed by atoms with van der Waals surface area (Å²) in [5.41, 5.74) is 2.04. The minimum atomic E-state index is -0.540. The molecule has 4 rings (SSSR count). The van der Waals surface area contributed by atoms with E-state index in [9.17, 15) is 4.39 Å². The average Bonchev–Trinajstić information content (AvgIpc) is 3.31. The Morgan fingerprint density at radius 3 is 2.96 bits per heavy atom. The van der Waals surface area contributed by atoms with Crippen LogP contribution in [0.15, 0.2) is 36.7 Å². The lowest BCUT2D eigenvalue weighted by molar-refractivity contribution is 0.189. The first kappa shape index (κ1) is 17.5. The van der Waals surface area contributed by atoms with Crippen molar-refractivity contribution in [2.75, 3.05) is 13.7 Å². The number of benzene rings is 1. The van der Waals surface area contributed by atoms with E-state index in [4.69, 9.17) is 16.3 Å². The molecule has 0 aliphatic carbocycles. The van der Waals surface area contributed by atoms with Crippen LogP contribution >= 0.6 is 11.6 Å². The number of nitrogens with zero attached hydrogens (tertiary/aromatic N) is 7. The second-order valence-corrected chi connectivity index (χ2v) is 6.22. The third kappa shape index (κ3) is 3.51. The van der Waals surface area contributed by atoms with Gasteiger partial charge in [-0.1, -0.05) is 16.8 Å². The molecule has 10 heteroatoms. The van der Waals surface area contributed by atoms with E-state index in [-0.39, 0.29) is 5.02 Å². The zero-order valence-electron chi connectivity index (χ0n) is 14.4. The number of aromatic nitrogens is 7. The molecule has 27 heavy (non-hydrogen) atoms. The van der Waals surface area contributed by atoms with Gasteiger partial charge in [0.2, 0.25) is 0 Å². The van der Waals surface area contributed by atoms with Crippen molar-refractivity contribution in [1.29, 1.82) is 0 Å². The van der Waals surface area contributed by atoms with Crippen molar-refractivity contribution >= 4 is 22.8 Å². The minimum absolute atomic E-state index is 0.0394. The molecule has 0 aliphatic rings. The van der Waals surface area contributed by atoms with Gasteiger partial charge >= 0.3 is 0 Å². The molecule has 0 atom stereocenters. The molecule has 0 saturated carbocycles. The van der Waals surface area contributed by atoms with Crippen molar-refractivity contribution < 1.29 is 9.13 Å². The van der Waals surface area contributed by atoms with Gasteiger partial charge in [0, 0.05) is 32.5 Å². The fourth-order valence-electron chi connectivity index (χ4n) is 2.62. The summed E-state index contributed by atoms with van der Waals surface area (Å²) in [5.74, 6) is -0.104. The van der Waals surface area contributed by atoms with Crippen molar-refractivity contribution in [1.82, 2.24) is 34.7 Å². The normalized spacial score (nSPS) is 11.4. The number of aryl methyl sites for hydroxylation is 1. The Bertz CT molecular complexity index is 1090. The van der Waals surface area contributed by atoms with Gasteiger partial charge in [-0.15, -0.1) is 5.10 Å². The van der Waals surface area contributed by atoms with Crippen LogP contribution in [0.25, 0.3) is 28.4 Å². The third-order valence-electron chi connectivity index (χ3n) is 3.95. The number of ether oxygens (including phenoxy) is 1. The first-order chi connectivity index (χ1) is 13.2. The summed E-state index contributed by atoms with van der Waals surface area (Å²) in [6.45, 7) is 1.40. The molecular formula is C17H15ClFN7O. The summed E-state index contributed by atoms with van der Waals surface area (Å²) < 4.78 is 22.1. The second kappa shape index (κ2) is 7.37. The van der Waals surface area contributed by atoms with E-state index in [2.05, 4.69) is 25.4 Å². The zero-order chi connectivity index (χ0) is 18.8. The highest BCUT2D eigenvalue weighted by atomic mass is 35.5. The van der Waals surface area contributed by atoms with Gasteiger partial charge in [-0.05, 0) is 24.6 Å². The number of hydrogen-bond donors (Lipinski definition) is 0. The van der Waals surface area contributed by atoms with Crippen molar-refractivity contribution in [2.24, 2.45) is 0 Å². The van der Waals surface area contributed by atoms with E-state index in [1.54, 1.807) is 19.4 Å². The molecule has 8 nitrogen and oxygen atoms in total. The van der Waals surface area contributed by atoms with Crippen LogP contribution in [0.4, 0.5) is 4.39 Å². The summed E-state index contributed by atoms with van der Waals surface area (Å²) in [4.78, 5) is 8.82. The molecule has 0 spiro atoms. The standard InChI is InChI=1S/C17H15ClFN7O/c1-27-8-2-6-25-7-5-14(23-25)16-20-10-15-17(21-16)26(24-22-15)11-3-4-12(18)13(19)9-11/h3-5,7,9-10H,2,6,8H2,1H3. The van der Waals surface area contributed by atoms with Crippen LogP contribution < -0.4 is 0 Å². The smallest absolute Gasteiger partial charge is 0.187 e. The van der Waals surface area contributed by atoms with E-state index in [0.29, 0.717) is 35.0 Å². The van der Waals surface area contributed by atoms with Crippen LogP contribution in [-0.4, -0.2) is 48.5 Å². The molecule has 0 fully saturated rings. The van der Waals surface area contributed by atoms with Crippen LogP contribution in [0, 0.1) is 5.82 Å². The lowest BCUT2D eigenvalue weighted by atomic mass is 10.3. The number of halogens is 2. The maximum absolute atomic E-state index is 13.8. The van der Waals surface area contributed by atoms with Gasteiger partial charge in [0.15, 0.2) is 17.0 Å². The molecule has 138 valence electrons. The molecule has 3 aromatic heterocycles. The molecule has 1 aromatic carbocycles. The Morgan fingerprint density at radius 1 is 1.26 bits per heavy atom. The lowest BCUT2D eigenvalue weighted by Gasteiger charge is -2.03. The maximum atomic E-state index is 13.8. The van der Waals surface area contributed by atoms with Crippen molar-refractivity contribution in [3.8, 4) is 17.2 Å². The van der Waals surface area contributed by atoms with Crippen LogP contribution in [0.2, 0.25) is 5.02 Å². The fourth-order valence-corrected chi connectivity index (χ4v) is 2.74. The van der Waals surface area contributed by atoms with Crippen LogP contribution in [0.1, 0.15) is 6.42 Å². The van der Waals surface area contributed by atoms with E-state index < -0.39 is 5.82 Å². The summed E-state index contributed by atoms with van der Waals surface area (Å²) in [6, 6.07) is 6.22. The Kier molecular flexibility index (Phi) is 4.78. The van der Waals surface area contributed by atoms with Crippen LogP contribution in [0.5, 0.6) is 0 Å². The Labute approximate surface area is 158 Å². The van der Waals surface area contributed by atoms with E-state index in [1.165, 1.54) is 16.8 Å². The molecule has 0 radical (unpaired) electrons. The van der Waals surface area contributed by atoms with Gasteiger partial charge in [0.1, 0.15) is 11.5 Å². The van der Waals surface area contributed by atoms with Crippen molar-refractivity contribution in [3.63, 3.8) is 0 Å². The molecular weight excluding hydrogens is 373 g/mol. The van der Waals surface area contributed by atoms with Crippen molar-refractivity contribution in [3.05, 3.63) is 47.5 Å². The van der Waals surface area contributed by atoms with Crippen molar-refractivity contribution in [2.45, 2.75) is 13.0 Å². The first-order valence-electron chi connectivity index (χ1n) is 8.22. The van der Waals surface area contributed by atoms with Gasteiger partial charge in [-0.25, -0.2) is 14.4 Å². The molecule has 0 saturated heterocycles. The third-order valence-corrected chi connectivity index (χ3v) is 4.25. The van der Waals surface area contributed by atoms with E-state index in [1.807, 2.05) is 16.9 Å². The number of hydrogen-bond acceptors (Lipinski definition) is 6. The molecule has 3 heterocycles. The number of fused-ring (bicyclic) bond motifs is 1. The van der Waals surface area contributed by atoms with Crippen LogP contribution in [-0.2, 0) is 11.3 Å². The predicted molar refractivity (Wildman–Crippen MR) is 97.1 cm³/mol. The van der Waals surface area contributed by atoms with E-state index in [0.717, 1.165) is 13.0 Å². The summed E-state index contributed by atoms with van der Waals surface area (Å²) in [5, 5.41) is 12.6. The van der Waals surface area contributed by atoms with Gasteiger partial charge in [0.05, 0.1) is 16.9 Å². The molecule has 0 aliphatic heterocycles. The summed E-state index contributed by atoms with van der Waals surface area (Å²) in [7, 11) is 1.67. The quantitative estimate of drug-likeness (QED) is 0.473. The summed E-state index contributed by atoms with van der Waals surface area (Å²) in [6.07, 6.45) is 4.29. The van der Waals surface area contributed by atoms with Gasteiger partial charge < -0.3 is 4.74 Å². The molecule has 0 amide bonds. The van der Waals surface area contributed by atoms with E-state index >= 15 is 0 Å². The number of rotatable bonds is 6. The fraction of sp³-hybridized carbons (Fsp3) is 0.235. The molecule has 4 aromatic rings. The maximum Gasteiger partial charge on any atom is 0.187 e. The minimum Gasteiger partial charge on any atom is -0.385 e. The van der Waals surface area contributed by atoms with Gasteiger partial charge in [-0.3, -0.25) is 4.68 Å². The Balaban J connectivity index is 1.69. The molecule has 0 unspecified atom stereocenters.